The Kier molecular flexibility index (Phi) is 2.82. The van der Waals surface area contributed by atoms with Crippen molar-refractivity contribution in [3.8, 4) is 0 Å². The molecule has 82 valence electrons. The second-order valence-electron chi connectivity index (χ2n) is 3.23. The van der Waals surface area contributed by atoms with Crippen LogP contribution in [0.1, 0.15) is 0 Å². The minimum absolute atomic E-state index is 0.0251. The van der Waals surface area contributed by atoms with Crippen LogP contribution in [0.5, 0.6) is 0 Å². The Morgan fingerprint density at radius 2 is 1.62 bits per heavy atom. The monoisotopic (exact) mass is 298 g/mol. The van der Waals surface area contributed by atoms with E-state index in [1.807, 2.05) is 6.07 Å². The minimum Gasteiger partial charge on any atom is -0.285 e. The van der Waals surface area contributed by atoms with E-state index in [0.29, 0.717) is 5.39 Å². The van der Waals surface area contributed by atoms with Crippen LogP contribution in [0.3, 0.4) is 0 Å². The number of benzene rings is 2. The molecule has 0 N–H and O–H groups in total. The molecule has 5 heteroatoms. The molecule has 16 heavy (non-hydrogen) atoms. The summed E-state index contributed by atoms with van der Waals surface area (Å²) < 4.78 is 23.9. The van der Waals surface area contributed by atoms with Crippen molar-refractivity contribution in [2.24, 2.45) is 0 Å². The molecule has 2 aromatic rings. The van der Waals surface area contributed by atoms with Gasteiger partial charge in [-0.2, -0.15) is 0 Å². The van der Waals surface area contributed by atoms with Crippen molar-refractivity contribution in [2.75, 3.05) is 0 Å². The Hall–Kier alpha value is -1.20. The lowest BCUT2D eigenvalue weighted by Crippen LogP contribution is -2.02. The van der Waals surface area contributed by atoms with Gasteiger partial charge in [-0.1, -0.05) is 40.2 Å². The van der Waals surface area contributed by atoms with Crippen molar-refractivity contribution in [2.45, 2.75) is 4.90 Å². The number of fused-ring (bicyclic) bond motifs is 1. The van der Waals surface area contributed by atoms with Crippen LogP contribution in [-0.2, 0) is 14.6 Å². The molecule has 3 nitrogen and oxygen atoms in total. The highest BCUT2D eigenvalue weighted by Crippen LogP contribution is 2.28. The van der Waals surface area contributed by atoms with Gasteiger partial charge in [0.25, 0.3) is 0 Å². The Morgan fingerprint density at radius 3 is 2.31 bits per heavy atom. The molecule has 0 aliphatic heterocycles. The van der Waals surface area contributed by atoms with E-state index in [9.17, 15) is 13.2 Å². The molecular weight excluding hydrogens is 292 g/mol. The first-order valence-corrected chi connectivity index (χ1v) is 6.78. The normalized spacial score (nSPS) is 11.6. The Balaban J connectivity index is 2.93. The summed E-state index contributed by atoms with van der Waals surface area (Å²) in [5, 5.41) is 1.31. The highest BCUT2D eigenvalue weighted by molar-refractivity contribution is 9.10. The zero-order valence-electron chi connectivity index (χ0n) is 8.05. The van der Waals surface area contributed by atoms with Crippen LogP contribution in [0.4, 0.5) is 0 Å². The molecule has 0 atom stereocenters. The first kappa shape index (κ1) is 11.3. The number of halogens is 1. The molecule has 0 bridgehead atoms. The number of carbonyl (C=O) groups is 1. The van der Waals surface area contributed by atoms with E-state index in [-0.39, 0.29) is 10.5 Å². The van der Waals surface area contributed by atoms with E-state index >= 15 is 0 Å². The van der Waals surface area contributed by atoms with Gasteiger partial charge < -0.3 is 0 Å². The number of hydrogen-bond donors (Lipinski definition) is 0. The highest BCUT2D eigenvalue weighted by atomic mass is 79.9. The van der Waals surface area contributed by atoms with Gasteiger partial charge in [0.1, 0.15) is 0 Å². The van der Waals surface area contributed by atoms with Gasteiger partial charge in [0, 0.05) is 9.86 Å². The molecule has 0 amide bonds. The molecule has 0 radical (unpaired) electrons. The van der Waals surface area contributed by atoms with Gasteiger partial charge in [0.15, 0.2) is 0 Å². The molecule has 0 saturated carbocycles. The summed E-state index contributed by atoms with van der Waals surface area (Å²) in [6.45, 7) is 0. The van der Waals surface area contributed by atoms with Crippen molar-refractivity contribution in [1.29, 1.82) is 0 Å². The summed E-state index contributed by atoms with van der Waals surface area (Å²) in [5.74, 6) is 0. The van der Waals surface area contributed by atoms with Gasteiger partial charge >= 0.3 is 0 Å². The van der Waals surface area contributed by atoms with Crippen molar-refractivity contribution in [3.05, 3.63) is 40.9 Å². The standard InChI is InChI=1S/C11H7BrO3S/c12-10-5-1-4-9-8(10)3-2-6-11(9)16(14,15)7-13/h1-7H. The van der Waals surface area contributed by atoms with Gasteiger partial charge in [0.2, 0.25) is 15.5 Å². The van der Waals surface area contributed by atoms with Gasteiger partial charge in [-0.05, 0) is 17.5 Å². The van der Waals surface area contributed by atoms with Gasteiger partial charge in [-0.25, -0.2) is 8.42 Å². The van der Waals surface area contributed by atoms with E-state index in [1.165, 1.54) is 6.07 Å². The lowest BCUT2D eigenvalue weighted by atomic mass is 10.1. The van der Waals surface area contributed by atoms with Crippen LogP contribution < -0.4 is 0 Å². The third kappa shape index (κ3) is 1.76. The van der Waals surface area contributed by atoms with Crippen molar-refractivity contribution < 1.29 is 13.2 Å². The fourth-order valence-corrected chi connectivity index (χ4v) is 2.90. The molecule has 0 saturated heterocycles. The van der Waals surface area contributed by atoms with Gasteiger partial charge in [-0.15, -0.1) is 0 Å². The average Bonchev–Trinajstić information content (AvgIpc) is 2.29. The summed E-state index contributed by atoms with van der Waals surface area (Å²) >= 11 is 3.34. The molecule has 0 fully saturated rings. The molecule has 0 heterocycles. The number of hydrogen-bond acceptors (Lipinski definition) is 3. The maximum atomic E-state index is 11.5. The largest absolute Gasteiger partial charge is 0.285 e. The molecule has 2 rings (SSSR count). The first-order valence-electron chi connectivity index (χ1n) is 4.44. The quantitative estimate of drug-likeness (QED) is 0.801. The summed E-state index contributed by atoms with van der Waals surface area (Å²) in [6, 6.07) is 10.1. The van der Waals surface area contributed by atoms with E-state index < -0.39 is 9.84 Å². The summed E-state index contributed by atoms with van der Waals surface area (Å²) in [6.07, 6.45) is 0. The summed E-state index contributed by atoms with van der Waals surface area (Å²) in [4.78, 5) is 10.6. The molecular formula is C11H7BrO3S. The smallest absolute Gasteiger partial charge is 0.238 e. The number of carbonyl (C=O) groups excluding carboxylic acids is 1. The van der Waals surface area contributed by atoms with Crippen LogP contribution in [0.25, 0.3) is 10.8 Å². The highest BCUT2D eigenvalue weighted by Gasteiger charge is 2.16. The zero-order chi connectivity index (χ0) is 11.8. The van der Waals surface area contributed by atoms with Gasteiger partial charge in [0.05, 0.1) is 4.90 Å². The van der Waals surface area contributed by atoms with Crippen molar-refractivity contribution in [1.82, 2.24) is 0 Å². The van der Waals surface area contributed by atoms with Crippen molar-refractivity contribution in [3.63, 3.8) is 0 Å². The van der Waals surface area contributed by atoms with Crippen LogP contribution in [0, 0.1) is 0 Å². The summed E-state index contributed by atoms with van der Waals surface area (Å²) in [7, 11) is -3.84. The SMILES string of the molecule is O=CS(=O)(=O)c1cccc2c(Br)cccc12. The van der Waals surface area contributed by atoms with Crippen LogP contribution in [0.2, 0.25) is 0 Å². The molecule has 2 aromatic carbocycles. The van der Waals surface area contributed by atoms with E-state index in [0.717, 1.165) is 9.86 Å². The second-order valence-corrected chi connectivity index (χ2v) is 5.81. The average molecular weight is 299 g/mol. The number of sulfone groups is 1. The predicted molar refractivity (Wildman–Crippen MR) is 65.6 cm³/mol. The fraction of sp³-hybridized carbons (Fsp3) is 0. The minimum atomic E-state index is -3.84. The maximum Gasteiger partial charge on any atom is 0.238 e. The lowest BCUT2D eigenvalue weighted by Gasteiger charge is -2.04. The fourth-order valence-electron chi connectivity index (χ4n) is 1.54. The molecule has 0 aliphatic rings. The zero-order valence-corrected chi connectivity index (χ0v) is 10.5. The Morgan fingerprint density at radius 1 is 1.00 bits per heavy atom. The van der Waals surface area contributed by atoms with E-state index in [4.69, 9.17) is 0 Å². The maximum absolute atomic E-state index is 11.5. The third-order valence-electron chi connectivity index (χ3n) is 2.26. The van der Waals surface area contributed by atoms with Crippen LogP contribution >= 0.6 is 15.9 Å². The molecule has 0 unspecified atom stereocenters. The summed E-state index contributed by atoms with van der Waals surface area (Å²) in [5.41, 5.74) is -0.0251. The molecule has 0 spiro atoms. The molecule has 0 aromatic heterocycles. The Labute approximate surface area is 101 Å². The topological polar surface area (TPSA) is 51.2 Å². The van der Waals surface area contributed by atoms with E-state index in [1.54, 1.807) is 24.3 Å². The predicted octanol–water partition coefficient (Wildman–Crippen LogP) is 2.57. The molecule has 0 aliphatic carbocycles. The Bertz CT molecular complexity index is 662. The number of rotatable bonds is 2. The van der Waals surface area contributed by atoms with Crippen molar-refractivity contribution >= 4 is 42.2 Å². The second kappa shape index (κ2) is 3.99. The van der Waals surface area contributed by atoms with Crippen LogP contribution in [0.15, 0.2) is 45.8 Å². The van der Waals surface area contributed by atoms with Crippen LogP contribution in [-0.4, -0.2) is 14.0 Å². The third-order valence-corrected chi connectivity index (χ3v) is 4.18. The first-order chi connectivity index (χ1) is 7.56. The lowest BCUT2D eigenvalue weighted by molar-refractivity contribution is 0.556. The van der Waals surface area contributed by atoms with Gasteiger partial charge in [-0.3, -0.25) is 4.79 Å². The van der Waals surface area contributed by atoms with E-state index in [2.05, 4.69) is 15.9 Å².